The van der Waals surface area contributed by atoms with Gasteiger partial charge in [0.15, 0.2) is 0 Å². The van der Waals surface area contributed by atoms with Crippen LogP contribution in [0.5, 0.6) is 0 Å². The van der Waals surface area contributed by atoms with E-state index < -0.39 is 0 Å². The Morgan fingerprint density at radius 1 is 1.36 bits per heavy atom. The molecule has 0 atom stereocenters. The Morgan fingerprint density at radius 3 is 2.79 bits per heavy atom. The van der Waals surface area contributed by atoms with Gasteiger partial charge in [0, 0.05) is 13.2 Å². The van der Waals surface area contributed by atoms with E-state index in [0.717, 1.165) is 12.6 Å². The molecule has 2 rings (SSSR count). The molecular formula is C12H21N2+. The molecule has 1 saturated carbocycles. The van der Waals surface area contributed by atoms with Crippen molar-refractivity contribution < 1.29 is 5.32 Å². The zero-order valence-corrected chi connectivity index (χ0v) is 9.08. The molecule has 0 unspecified atom stereocenters. The van der Waals surface area contributed by atoms with Gasteiger partial charge in [-0.05, 0) is 37.8 Å². The zero-order valence-electron chi connectivity index (χ0n) is 9.08. The lowest BCUT2D eigenvalue weighted by molar-refractivity contribution is -0.707. The van der Waals surface area contributed by atoms with Crippen LogP contribution < -0.4 is 5.32 Å². The van der Waals surface area contributed by atoms with E-state index in [1.54, 1.807) is 0 Å². The molecule has 0 bridgehead atoms. The quantitative estimate of drug-likeness (QED) is 0.750. The van der Waals surface area contributed by atoms with Crippen molar-refractivity contribution in [2.24, 2.45) is 7.05 Å². The van der Waals surface area contributed by atoms with E-state index in [-0.39, 0.29) is 0 Å². The van der Waals surface area contributed by atoms with E-state index in [2.05, 4.69) is 35.3 Å². The minimum Gasteiger partial charge on any atom is -0.350 e. The largest absolute Gasteiger partial charge is 0.350 e. The van der Waals surface area contributed by atoms with Crippen LogP contribution in [-0.4, -0.2) is 10.6 Å². The zero-order chi connectivity index (χ0) is 9.80. The Balaban J connectivity index is 1.79. The fourth-order valence-corrected chi connectivity index (χ4v) is 2.37. The monoisotopic (exact) mass is 193 g/mol. The van der Waals surface area contributed by atoms with Crippen molar-refractivity contribution in [3.8, 4) is 0 Å². The maximum absolute atomic E-state index is 2.52. The van der Waals surface area contributed by atoms with Crippen molar-refractivity contribution in [3.63, 3.8) is 0 Å². The Labute approximate surface area is 86.3 Å². The summed E-state index contributed by atoms with van der Waals surface area (Å²) in [7, 11) is 2.13. The first-order valence-corrected chi connectivity index (χ1v) is 5.80. The number of aryl methyl sites for hydroxylation is 1. The summed E-state index contributed by atoms with van der Waals surface area (Å²) in [6, 6.07) is 5.24. The van der Waals surface area contributed by atoms with Gasteiger partial charge < -0.3 is 9.88 Å². The molecule has 1 aromatic rings. The molecule has 1 heterocycles. The SMILES string of the molecule is Cn1cccc1C[NH2+]C1CCCCC1. The fourth-order valence-electron chi connectivity index (χ4n) is 2.37. The van der Waals surface area contributed by atoms with Gasteiger partial charge in [0.05, 0.1) is 11.7 Å². The molecule has 1 aliphatic carbocycles. The van der Waals surface area contributed by atoms with Gasteiger partial charge in [-0.2, -0.15) is 0 Å². The molecule has 1 fully saturated rings. The van der Waals surface area contributed by atoms with E-state index in [1.165, 1.54) is 37.8 Å². The summed E-state index contributed by atoms with van der Waals surface area (Å²) in [5.74, 6) is 0. The molecule has 1 aromatic heterocycles. The third-order valence-electron chi connectivity index (χ3n) is 3.36. The smallest absolute Gasteiger partial charge is 0.117 e. The van der Waals surface area contributed by atoms with Gasteiger partial charge >= 0.3 is 0 Å². The summed E-state index contributed by atoms with van der Waals surface area (Å²) in [6.07, 6.45) is 9.30. The Hall–Kier alpha value is -0.760. The molecule has 2 N–H and O–H groups in total. The summed E-state index contributed by atoms with van der Waals surface area (Å²) in [6.45, 7) is 1.15. The minimum absolute atomic E-state index is 0.888. The number of hydrogen-bond donors (Lipinski definition) is 1. The number of quaternary nitrogens is 1. The van der Waals surface area contributed by atoms with Crippen LogP contribution in [-0.2, 0) is 13.6 Å². The number of nitrogens with two attached hydrogens (primary N) is 1. The van der Waals surface area contributed by atoms with Gasteiger partial charge in [-0.15, -0.1) is 0 Å². The Morgan fingerprint density at radius 2 is 2.14 bits per heavy atom. The molecule has 78 valence electrons. The van der Waals surface area contributed by atoms with Crippen molar-refractivity contribution in [1.29, 1.82) is 0 Å². The van der Waals surface area contributed by atoms with Gasteiger partial charge in [-0.1, -0.05) is 6.42 Å². The minimum atomic E-state index is 0.888. The van der Waals surface area contributed by atoms with Crippen LogP contribution in [0.4, 0.5) is 0 Å². The highest BCUT2D eigenvalue weighted by Crippen LogP contribution is 2.14. The predicted octanol–water partition coefficient (Wildman–Crippen LogP) is 1.42. The molecule has 0 aromatic carbocycles. The van der Waals surface area contributed by atoms with Crippen molar-refractivity contribution in [1.82, 2.24) is 4.57 Å². The highest BCUT2D eigenvalue weighted by molar-refractivity contribution is 5.04. The molecule has 0 amide bonds. The standard InChI is InChI=1S/C12H20N2/c1-14-9-5-8-12(14)10-13-11-6-3-2-4-7-11/h5,8-9,11,13H,2-4,6-7,10H2,1H3/p+1. The predicted molar refractivity (Wildman–Crippen MR) is 57.9 cm³/mol. The van der Waals surface area contributed by atoms with Gasteiger partial charge in [0.2, 0.25) is 0 Å². The second-order valence-corrected chi connectivity index (χ2v) is 4.45. The molecule has 2 nitrogen and oxygen atoms in total. The Bertz CT molecular complexity index is 272. The molecule has 0 saturated heterocycles. The van der Waals surface area contributed by atoms with Crippen LogP contribution in [0, 0.1) is 0 Å². The molecule has 2 heteroatoms. The van der Waals surface area contributed by atoms with Crippen LogP contribution >= 0.6 is 0 Å². The second-order valence-electron chi connectivity index (χ2n) is 4.45. The van der Waals surface area contributed by atoms with Gasteiger partial charge in [0.25, 0.3) is 0 Å². The van der Waals surface area contributed by atoms with Crippen LogP contribution in [0.25, 0.3) is 0 Å². The molecule has 1 aliphatic rings. The lowest BCUT2D eigenvalue weighted by Crippen LogP contribution is -2.88. The number of hydrogen-bond acceptors (Lipinski definition) is 0. The summed E-state index contributed by atoms with van der Waals surface area (Å²) in [5, 5.41) is 2.52. The number of rotatable bonds is 3. The highest BCUT2D eigenvalue weighted by atomic mass is 15.0. The lowest BCUT2D eigenvalue weighted by atomic mass is 9.95. The maximum atomic E-state index is 2.52. The topological polar surface area (TPSA) is 21.5 Å². The van der Waals surface area contributed by atoms with Crippen molar-refractivity contribution in [2.45, 2.75) is 44.7 Å². The first-order chi connectivity index (χ1) is 6.86. The van der Waals surface area contributed by atoms with E-state index >= 15 is 0 Å². The third kappa shape index (κ3) is 2.38. The van der Waals surface area contributed by atoms with Gasteiger partial charge in [0.1, 0.15) is 6.54 Å². The molecule has 0 spiro atoms. The summed E-state index contributed by atoms with van der Waals surface area (Å²) in [4.78, 5) is 0. The molecule has 0 radical (unpaired) electrons. The lowest BCUT2D eigenvalue weighted by Gasteiger charge is -2.19. The van der Waals surface area contributed by atoms with Crippen LogP contribution in [0.1, 0.15) is 37.8 Å². The Kier molecular flexibility index (Phi) is 3.25. The summed E-state index contributed by atoms with van der Waals surface area (Å²) in [5.41, 5.74) is 1.44. The van der Waals surface area contributed by atoms with Crippen LogP contribution in [0.15, 0.2) is 18.3 Å². The van der Waals surface area contributed by atoms with Gasteiger partial charge in [-0.3, -0.25) is 0 Å². The fraction of sp³-hybridized carbons (Fsp3) is 0.667. The molecular weight excluding hydrogens is 172 g/mol. The van der Waals surface area contributed by atoms with Gasteiger partial charge in [-0.25, -0.2) is 0 Å². The second kappa shape index (κ2) is 4.65. The molecule has 0 aliphatic heterocycles. The van der Waals surface area contributed by atoms with E-state index in [4.69, 9.17) is 0 Å². The average Bonchev–Trinajstić information content (AvgIpc) is 2.63. The van der Waals surface area contributed by atoms with Crippen molar-refractivity contribution in [2.75, 3.05) is 0 Å². The highest BCUT2D eigenvalue weighted by Gasteiger charge is 2.15. The number of aromatic nitrogens is 1. The first-order valence-electron chi connectivity index (χ1n) is 5.80. The summed E-state index contributed by atoms with van der Waals surface area (Å²) >= 11 is 0. The average molecular weight is 193 g/mol. The van der Waals surface area contributed by atoms with Crippen molar-refractivity contribution >= 4 is 0 Å². The third-order valence-corrected chi connectivity index (χ3v) is 3.36. The van der Waals surface area contributed by atoms with E-state index in [0.29, 0.717) is 0 Å². The van der Waals surface area contributed by atoms with E-state index in [1.807, 2.05) is 0 Å². The number of nitrogens with zero attached hydrogens (tertiary/aromatic N) is 1. The normalized spacial score (nSPS) is 18.6. The van der Waals surface area contributed by atoms with E-state index in [9.17, 15) is 0 Å². The van der Waals surface area contributed by atoms with Crippen molar-refractivity contribution in [3.05, 3.63) is 24.0 Å². The maximum Gasteiger partial charge on any atom is 0.117 e. The first kappa shape index (κ1) is 9.78. The van der Waals surface area contributed by atoms with Crippen LogP contribution in [0.3, 0.4) is 0 Å². The van der Waals surface area contributed by atoms with Crippen LogP contribution in [0.2, 0.25) is 0 Å². The summed E-state index contributed by atoms with van der Waals surface area (Å²) < 4.78 is 2.22. The molecule has 14 heavy (non-hydrogen) atoms.